The molecule has 0 aliphatic heterocycles. The molecule has 0 fully saturated rings. The van der Waals surface area contributed by atoms with Crippen LogP contribution < -0.4 is 11.5 Å². The van der Waals surface area contributed by atoms with Gasteiger partial charge in [0.25, 0.3) is 0 Å². The summed E-state index contributed by atoms with van der Waals surface area (Å²) in [5.41, 5.74) is 14.9. The zero-order valence-corrected chi connectivity index (χ0v) is 11.6. The molecule has 4 nitrogen and oxygen atoms in total. The molecule has 0 aliphatic carbocycles. The third kappa shape index (κ3) is 2.66. The molecular formula is C17H17N3O. The van der Waals surface area contributed by atoms with E-state index in [2.05, 4.69) is 35.0 Å². The van der Waals surface area contributed by atoms with Crippen molar-refractivity contribution in [3.05, 3.63) is 71.4 Å². The highest BCUT2D eigenvalue weighted by atomic mass is 16.1. The number of nitrogens with two attached hydrogens (primary N) is 2. The van der Waals surface area contributed by atoms with Crippen LogP contribution in [0.25, 0.3) is 10.9 Å². The van der Waals surface area contributed by atoms with E-state index in [0.29, 0.717) is 12.1 Å². The van der Waals surface area contributed by atoms with Crippen LogP contribution in [-0.4, -0.2) is 10.5 Å². The molecule has 0 saturated carbocycles. The molecule has 3 aromatic rings. The van der Waals surface area contributed by atoms with Crippen molar-refractivity contribution in [1.82, 2.24) is 4.57 Å². The third-order valence-corrected chi connectivity index (χ3v) is 3.66. The monoisotopic (exact) mass is 279 g/mol. The lowest BCUT2D eigenvalue weighted by atomic mass is 10.1. The summed E-state index contributed by atoms with van der Waals surface area (Å²) in [6.45, 7) is 1.31. The van der Waals surface area contributed by atoms with Crippen LogP contribution in [0.15, 0.2) is 54.7 Å². The van der Waals surface area contributed by atoms with Crippen molar-refractivity contribution >= 4 is 16.8 Å². The minimum absolute atomic E-state index is 0.401. The quantitative estimate of drug-likeness (QED) is 0.768. The Balaban J connectivity index is 1.89. The van der Waals surface area contributed by atoms with E-state index < -0.39 is 5.91 Å². The van der Waals surface area contributed by atoms with Gasteiger partial charge in [0.15, 0.2) is 0 Å². The van der Waals surface area contributed by atoms with Gasteiger partial charge in [-0.15, -0.1) is 0 Å². The van der Waals surface area contributed by atoms with Crippen LogP contribution in [0.4, 0.5) is 0 Å². The normalized spacial score (nSPS) is 10.9. The van der Waals surface area contributed by atoms with Crippen LogP contribution in [0.1, 0.15) is 21.5 Å². The molecule has 3 rings (SSSR count). The number of benzene rings is 2. The van der Waals surface area contributed by atoms with Crippen molar-refractivity contribution in [3.63, 3.8) is 0 Å². The second-order valence-corrected chi connectivity index (χ2v) is 5.10. The Morgan fingerprint density at radius 2 is 1.71 bits per heavy atom. The second kappa shape index (κ2) is 5.42. The van der Waals surface area contributed by atoms with Crippen molar-refractivity contribution in [1.29, 1.82) is 0 Å². The highest BCUT2D eigenvalue weighted by Crippen LogP contribution is 2.19. The summed E-state index contributed by atoms with van der Waals surface area (Å²) in [7, 11) is 0. The first-order chi connectivity index (χ1) is 10.2. The Morgan fingerprint density at radius 1 is 1.00 bits per heavy atom. The van der Waals surface area contributed by atoms with Crippen LogP contribution in [-0.2, 0) is 13.1 Å². The molecule has 0 radical (unpaired) electrons. The van der Waals surface area contributed by atoms with E-state index in [1.165, 1.54) is 10.9 Å². The molecule has 2 aromatic carbocycles. The van der Waals surface area contributed by atoms with Gasteiger partial charge in [-0.25, -0.2) is 0 Å². The van der Waals surface area contributed by atoms with Crippen LogP contribution >= 0.6 is 0 Å². The largest absolute Gasteiger partial charge is 0.366 e. The first-order valence-electron chi connectivity index (χ1n) is 6.84. The maximum atomic E-state index is 11.1. The smallest absolute Gasteiger partial charge is 0.248 e. The molecule has 0 saturated heterocycles. The van der Waals surface area contributed by atoms with Gasteiger partial charge in [0, 0.05) is 30.4 Å². The number of carbonyl (C=O) groups excluding carboxylic acids is 1. The standard InChI is InChI=1S/C17H17N3O/c18-10-13-3-6-16-15(9-13)7-8-20(16)11-12-1-4-14(5-2-12)17(19)21/h1-9H,10-11,18H2,(H2,19,21). The number of hydrogen-bond acceptors (Lipinski definition) is 2. The van der Waals surface area contributed by atoms with E-state index in [9.17, 15) is 4.79 Å². The zero-order chi connectivity index (χ0) is 14.8. The fraction of sp³-hybridized carbons (Fsp3) is 0.118. The first-order valence-corrected chi connectivity index (χ1v) is 6.84. The maximum Gasteiger partial charge on any atom is 0.248 e. The number of carbonyl (C=O) groups is 1. The van der Waals surface area contributed by atoms with Crippen molar-refractivity contribution in [3.8, 4) is 0 Å². The van der Waals surface area contributed by atoms with E-state index in [1.54, 1.807) is 12.1 Å². The molecule has 0 bridgehead atoms. The number of fused-ring (bicyclic) bond motifs is 1. The summed E-state index contributed by atoms with van der Waals surface area (Å²) < 4.78 is 2.18. The molecule has 21 heavy (non-hydrogen) atoms. The molecule has 0 spiro atoms. The minimum Gasteiger partial charge on any atom is -0.366 e. The Morgan fingerprint density at radius 3 is 2.38 bits per heavy atom. The minimum atomic E-state index is -0.401. The van der Waals surface area contributed by atoms with Crippen molar-refractivity contribution in [2.24, 2.45) is 11.5 Å². The number of aromatic nitrogens is 1. The Kier molecular flexibility index (Phi) is 3.46. The lowest BCUT2D eigenvalue weighted by molar-refractivity contribution is 0.100. The molecule has 4 heteroatoms. The number of nitrogens with zero attached hydrogens (tertiary/aromatic N) is 1. The van der Waals surface area contributed by atoms with Gasteiger partial charge in [-0.3, -0.25) is 4.79 Å². The number of rotatable bonds is 4. The molecule has 4 N–H and O–H groups in total. The summed E-state index contributed by atoms with van der Waals surface area (Å²) in [4.78, 5) is 11.1. The topological polar surface area (TPSA) is 74.0 Å². The Bertz CT molecular complexity index is 787. The summed E-state index contributed by atoms with van der Waals surface area (Å²) in [6, 6.07) is 15.7. The van der Waals surface area contributed by atoms with Gasteiger partial charge in [-0.2, -0.15) is 0 Å². The van der Waals surface area contributed by atoms with Crippen LogP contribution in [0.3, 0.4) is 0 Å². The summed E-state index contributed by atoms with van der Waals surface area (Å²) in [5, 5.41) is 1.19. The average Bonchev–Trinajstić information content (AvgIpc) is 2.90. The highest BCUT2D eigenvalue weighted by molar-refractivity contribution is 5.92. The Hall–Kier alpha value is -2.59. The lowest BCUT2D eigenvalue weighted by Gasteiger charge is -2.07. The van der Waals surface area contributed by atoms with E-state index in [1.807, 2.05) is 12.1 Å². The molecule has 1 aromatic heterocycles. The van der Waals surface area contributed by atoms with Crippen LogP contribution in [0.2, 0.25) is 0 Å². The molecule has 1 amide bonds. The van der Waals surface area contributed by atoms with Gasteiger partial charge in [-0.05, 0) is 46.8 Å². The van der Waals surface area contributed by atoms with Crippen LogP contribution in [0.5, 0.6) is 0 Å². The Labute approximate surface area is 123 Å². The number of primary amides is 1. The van der Waals surface area contributed by atoms with Crippen LogP contribution in [0, 0.1) is 0 Å². The molecule has 0 atom stereocenters. The van der Waals surface area contributed by atoms with Gasteiger partial charge in [0.1, 0.15) is 0 Å². The van der Waals surface area contributed by atoms with Crippen molar-refractivity contribution in [2.45, 2.75) is 13.1 Å². The maximum absolute atomic E-state index is 11.1. The summed E-state index contributed by atoms with van der Waals surface area (Å²) in [6.07, 6.45) is 2.06. The van der Waals surface area contributed by atoms with Gasteiger partial charge < -0.3 is 16.0 Å². The fourth-order valence-electron chi connectivity index (χ4n) is 2.49. The van der Waals surface area contributed by atoms with Crippen molar-refractivity contribution < 1.29 is 4.79 Å². The predicted molar refractivity (Wildman–Crippen MR) is 83.9 cm³/mol. The average molecular weight is 279 g/mol. The van der Waals surface area contributed by atoms with E-state index in [4.69, 9.17) is 11.5 Å². The first kappa shape index (κ1) is 13.4. The van der Waals surface area contributed by atoms with Gasteiger partial charge in [0.2, 0.25) is 5.91 Å². The van der Waals surface area contributed by atoms with Gasteiger partial charge in [0.05, 0.1) is 0 Å². The zero-order valence-electron chi connectivity index (χ0n) is 11.6. The molecule has 0 aliphatic rings. The van der Waals surface area contributed by atoms with E-state index in [0.717, 1.165) is 17.7 Å². The molecule has 1 heterocycles. The fourth-order valence-corrected chi connectivity index (χ4v) is 2.49. The third-order valence-electron chi connectivity index (χ3n) is 3.66. The predicted octanol–water partition coefficient (Wildman–Crippen LogP) is 2.25. The SMILES string of the molecule is NCc1ccc2c(ccn2Cc2ccc(C(N)=O)cc2)c1. The van der Waals surface area contributed by atoms with E-state index >= 15 is 0 Å². The summed E-state index contributed by atoms with van der Waals surface area (Å²) >= 11 is 0. The molecule has 0 unspecified atom stereocenters. The molecular weight excluding hydrogens is 262 g/mol. The molecule has 106 valence electrons. The number of amides is 1. The number of hydrogen-bond donors (Lipinski definition) is 2. The van der Waals surface area contributed by atoms with Gasteiger partial charge in [-0.1, -0.05) is 18.2 Å². The van der Waals surface area contributed by atoms with Crippen molar-refractivity contribution in [2.75, 3.05) is 0 Å². The highest BCUT2D eigenvalue weighted by Gasteiger charge is 2.04. The van der Waals surface area contributed by atoms with E-state index in [-0.39, 0.29) is 0 Å². The van der Waals surface area contributed by atoms with Gasteiger partial charge >= 0.3 is 0 Å². The summed E-state index contributed by atoms with van der Waals surface area (Å²) in [5.74, 6) is -0.401. The lowest BCUT2D eigenvalue weighted by Crippen LogP contribution is -2.10. The second-order valence-electron chi connectivity index (χ2n) is 5.10.